The van der Waals surface area contributed by atoms with E-state index in [0.29, 0.717) is 13.7 Å². The Morgan fingerprint density at radius 3 is 1.29 bits per heavy atom. The number of hydrogen-bond donors (Lipinski definition) is 9. The van der Waals surface area contributed by atoms with Crippen molar-refractivity contribution >= 4 is 70.4 Å². The van der Waals surface area contributed by atoms with Gasteiger partial charge in [0.15, 0.2) is 18.7 Å². The molecule has 10 fully saturated rings. The molecule has 0 radical (unpaired) electrons. The number of H-pyrrole nitrogens is 3. The van der Waals surface area contributed by atoms with Gasteiger partial charge in [-0.1, -0.05) is 0 Å². The van der Waals surface area contributed by atoms with Gasteiger partial charge in [-0.05, 0) is 0 Å². The molecule has 506 valence electrons. The molecule has 0 amide bonds. The van der Waals surface area contributed by atoms with Gasteiger partial charge in [0.2, 0.25) is 0 Å². The monoisotopic (exact) mass is 1500 g/mol. The predicted octanol–water partition coefficient (Wildman–Crippen LogP) is -2.91. The number of nitrogens with one attached hydrogen (secondary N) is 3. The Kier molecular flexibility index (Phi) is 18.1. The normalized spacial score (nSPS) is 43.6. The van der Waals surface area contributed by atoms with Crippen LogP contribution in [0.5, 0.6) is 0 Å². The predicted molar refractivity (Wildman–Crippen MR) is 255 cm³/mol. The van der Waals surface area contributed by atoms with Crippen molar-refractivity contribution in [2.45, 2.75) is 73.6 Å². The molecule has 3 aromatic rings. The molecule has 10 aliphatic rings. The fourth-order valence-electron chi connectivity index (χ4n) is 7.97. The summed E-state index contributed by atoms with van der Waals surface area (Å²) in [5.74, 6) is 0. The molecule has 55 nitrogen and oxygen atoms in total. The zero-order valence-electron chi connectivity index (χ0n) is 42.8. The van der Waals surface area contributed by atoms with Crippen LogP contribution in [0.4, 0.5) is 0 Å². The van der Waals surface area contributed by atoms with Crippen molar-refractivity contribution < 1.29 is 181 Å². The van der Waals surface area contributed by atoms with E-state index in [1.807, 2.05) is 15.0 Å². The molecule has 91 heavy (non-hydrogen) atoms. The van der Waals surface area contributed by atoms with Crippen molar-refractivity contribution in [2.75, 3.05) is 19.8 Å². The molecule has 13 heterocycles. The van der Waals surface area contributed by atoms with Gasteiger partial charge in [-0.15, -0.1) is 55.5 Å². The summed E-state index contributed by atoms with van der Waals surface area (Å²) in [7, 11) is -52.7. The topological polar surface area (TPSA) is 674 Å². The second-order valence-corrected chi connectivity index (χ2v) is 32.7. The Bertz CT molecular complexity index is 4210. The van der Waals surface area contributed by atoms with Gasteiger partial charge in [0.25, 0.3) is 16.7 Å². The van der Waals surface area contributed by atoms with E-state index in [4.69, 9.17) is 37.0 Å². The highest BCUT2D eigenvalue weighted by Crippen LogP contribution is 2.84. The number of aliphatic hydroxyl groups excluding tert-OH is 6. The molecule has 10 saturated heterocycles. The van der Waals surface area contributed by atoms with Crippen LogP contribution in [0, 0.1) is 0 Å². The fourth-order valence-corrected chi connectivity index (χ4v) is 21.7. The van der Waals surface area contributed by atoms with Crippen LogP contribution in [0.3, 0.4) is 0 Å². The Morgan fingerprint density at radius 1 is 0.440 bits per heavy atom. The molecule has 0 aromatic carbocycles. The van der Waals surface area contributed by atoms with Crippen LogP contribution in [-0.2, 0) is 150 Å². The lowest BCUT2D eigenvalue weighted by atomic mass is 10.1. The van der Waals surface area contributed by atoms with Crippen LogP contribution in [-0.4, -0.2) is 156 Å². The minimum absolute atomic E-state index is 0.255. The van der Waals surface area contributed by atoms with E-state index < -0.39 is 214 Å². The van der Waals surface area contributed by atoms with Gasteiger partial charge in [0.1, 0.15) is 76.5 Å². The van der Waals surface area contributed by atoms with Crippen LogP contribution in [0.15, 0.2) is 65.6 Å². The highest BCUT2D eigenvalue weighted by Gasteiger charge is 2.68. The molecule has 4 bridgehead atoms. The summed E-state index contributed by atoms with van der Waals surface area (Å²) in [4.78, 5) is 77.5. The Morgan fingerprint density at radius 2 is 0.824 bits per heavy atom. The van der Waals surface area contributed by atoms with Crippen LogP contribution in [0.25, 0.3) is 0 Å². The number of aromatic nitrogens is 6. The number of phosphoric acid groups is 9. The van der Waals surface area contributed by atoms with Gasteiger partial charge in [-0.25, -0.2) is 55.5 Å². The van der Waals surface area contributed by atoms with E-state index in [2.05, 4.69) is 72.1 Å². The summed E-state index contributed by atoms with van der Waals surface area (Å²) >= 11 is 0. The molecule has 20 atom stereocenters. The van der Waals surface area contributed by atoms with E-state index in [1.165, 1.54) is 0 Å². The maximum atomic E-state index is 14.3. The molecule has 8 unspecified atom stereocenters. The van der Waals surface area contributed by atoms with Gasteiger partial charge < -0.3 is 44.8 Å². The molecular weight excluding hydrogens is 1460 g/mol. The van der Waals surface area contributed by atoms with Crippen molar-refractivity contribution in [3.8, 4) is 0 Å². The molecule has 0 saturated carbocycles. The van der Waals surface area contributed by atoms with Crippen LogP contribution >= 0.6 is 70.4 Å². The number of aromatic amines is 3. The van der Waals surface area contributed by atoms with E-state index in [9.17, 15) is 100 Å². The molecule has 0 aliphatic carbocycles. The van der Waals surface area contributed by atoms with E-state index in [-0.39, 0.29) is 5.39 Å². The Labute approximate surface area is 493 Å². The lowest BCUT2D eigenvalue weighted by Gasteiger charge is -2.40. The number of aliphatic hydroxyl groups is 6. The Balaban J connectivity index is 0.744. The molecule has 10 aliphatic heterocycles. The summed E-state index contributed by atoms with van der Waals surface area (Å²) in [6.45, 7) is -3.98. The van der Waals surface area contributed by atoms with Crippen molar-refractivity contribution in [1.82, 2.24) is 50.2 Å². The highest BCUT2D eigenvalue weighted by molar-refractivity contribution is 7.70. The molecule has 64 heteroatoms. The average Bonchev–Trinajstić information content (AvgIpc) is 1.67. The van der Waals surface area contributed by atoms with Crippen molar-refractivity contribution in [3.63, 3.8) is 0 Å². The van der Waals surface area contributed by atoms with E-state index in [0.717, 1.165) is 36.8 Å². The summed E-state index contributed by atoms with van der Waals surface area (Å²) in [6.07, 6.45) is -21.0. The third-order valence-corrected chi connectivity index (χ3v) is 26.8. The third kappa shape index (κ3) is 14.2. The maximum Gasteiger partial charge on any atom is 0.524 e. The van der Waals surface area contributed by atoms with Crippen molar-refractivity contribution in [2.24, 2.45) is 0 Å². The van der Waals surface area contributed by atoms with Crippen molar-refractivity contribution in [3.05, 3.63) is 99.3 Å². The zero-order valence-corrected chi connectivity index (χ0v) is 50.8. The first-order chi connectivity index (χ1) is 42.4. The number of hydrogen-bond acceptors (Lipinski definition) is 49. The SMILES string of the molecule is O=c1ccn([C@@H]2O[C@H](COP3(=O)ON(OP4(=O)ON5OP(=O)(OC[C@H]6O[C@@H](n7ccc(=O)[nH]c7=O)[C@H](O)[C@@H]6O)OP(=O)(O5)O4)OP(=O)(OP4(=O)ON(OP(=O)(OC[C@H]5O[C@@H](n6ccc(=O)[nH]c6=O)[C@H](O)[C@@H]5O)OP5(=O)ON6OP(=O)(O6)O5)O4)O3)[C@@H](O)[C@H]2O)c(=O)[nH]1. The largest absolute Gasteiger partial charge is 0.524 e. The minimum atomic E-state index is -6.45. The van der Waals surface area contributed by atoms with Crippen molar-refractivity contribution in [1.29, 1.82) is 0 Å². The average molecular weight is 1500 g/mol. The Hall–Kier alpha value is -3.25. The lowest BCUT2D eigenvalue weighted by Crippen LogP contribution is -2.38. The van der Waals surface area contributed by atoms with E-state index in [1.54, 1.807) is 0 Å². The fraction of sp³-hybridized carbons (Fsp3) is 0.556. The number of nitrogens with zero attached hydrogens (tertiary/aromatic N) is 7. The summed E-state index contributed by atoms with van der Waals surface area (Å²) in [6, 6.07) is 2.43. The van der Waals surface area contributed by atoms with Gasteiger partial charge in [-0.2, -0.15) is 25.9 Å². The minimum Gasteiger partial charge on any atom is -0.387 e. The zero-order chi connectivity index (χ0) is 65.4. The third-order valence-electron chi connectivity index (χ3n) is 11.8. The molecule has 9 N–H and O–H groups in total. The smallest absolute Gasteiger partial charge is 0.387 e. The van der Waals surface area contributed by atoms with Gasteiger partial charge in [0, 0.05) is 36.8 Å². The maximum absolute atomic E-state index is 14.3. The summed E-state index contributed by atoms with van der Waals surface area (Å²) in [5, 5.41) is 61.3. The van der Waals surface area contributed by atoms with Gasteiger partial charge in [-0.3, -0.25) is 56.6 Å². The molecule has 0 spiro atoms. The second kappa shape index (κ2) is 24.4. The van der Waals surface area contributed by atoms with Crippen LogP contribution in [0.1, 0.15) is 18.7 Å². The number of fused-ring (bicyclic) bond motifs is 4. The quantitative estimate of drug-likeness (QED) is 0.0512. The first-order valence-corrected chi connectivity index (χ1v) is 36.8. The van der Waals surface area contributed by atoms with Crippen LogP contribution in [0.2, 0.25) is 0 Å². The summed E-state index contributed by atoms with van der Waals surface area (Å²) < 4.78 is 239. The first kappa shape index (κ1) is 67.7. The lowest BCUT2D eigenvalue weighted by molar-refractivity contribution is -0.496. The van der Waals surface area contributed by atoms with Gasteiger partial charge in [0.05, 0.1) is 19.8 Å². The highest BCUT2D eigenvalue weighted by atomic mass is 31.3. The van der Waals surface area contributed by atoms with Crippen LogP contribution < -0.4 is 33.7 Å². The number of ether oxygens (including phenoxy) is 3. The summed E-state index contributed by atoms with van der Waals surface area (Å²) in [5.41, 5.74) is -6.20. The first-order valence-electron chi connectivity index (χ1n) is 23.6. The van der Waals surface area contributed by atoms with E-state index >= 15 is 0 Å². The molecule has 3 aromatic heterocycles. The second-order valence-electron chi connectivity index (χ2n) is 18.0. The standard InChI is InChI=1S/C27H33N10O45P9/c38-13-1-4-31(25(47)28-13)22-19(44)16(41)10(62-22)7-59-83(50,77-91(58)76-37-72-88(55,73-37)82-91)65-34-68-86(53,69-34)80-89(56)74-35(66-84(51,78-89)60-8-11-17(42)20(45)23(63-11)32-5-2-14(39)29-26(32)48)70-87(54)71-36-67-85(52,79-90(57,75-36)81-87)61-9-12-18(43)21(46)24(64-12)33-6-3-15(40)30-27(33)49/h1-6,10-12,16-24,41-46H,7-9H2,(H,28,38,47)(H,29,39,48)(H,30,40,49)/t10-,11-,12-,16-,17-,18-,19-,20-,21-,22-,23-,24-,83?,84?,85?,87?,89?,90?,91?/m1/s1. The molecule has 13 rings (SSSR count). The number of rotatable bonds is 20. The van der Waals surface area contributed by atoms with Gasteiger partial charge >= 0.3 is 87.5 Å². The molecular formula is C27H33N10O45P9.